The number of nitriles is 1. The summed E-state index contributed by atoms with van der Waals surface area (Å²) in [5.74, 6) is 0.0817. The molecule has 1 aliphatic rings. The number of carbonyl (C=O) groups is 1. The van der Waals surface area contributed by atoms with Gasteiger partial charge in [-0.3, -0.25) is 4.79 Å². The maximum atomic E-state index is 12.2. The molecule has 0 bridgehead atoms. The van der Waals surface area contributed by atoms with Crippen LogP contribution in [-0.2, 0) is 4.79 Å². The number of benzene rings is 1. The average molecular weight is 258 g/mol. The molecule has 1 saturated heterocycles. The summed E-state index contributed by atoms with van der Waals surface area (Å²) >= 11 is 0. The molecule has 1 unspecified atom stereocenters. The highest BCUT2D eigenvalue weighted by molar-refractivity contribution is 5.86. The van der Waals surface area contributed by atoms with Gasteiger partial charge in [-0.15, -0.1) is 0 Å². The van der Waals surface area contributed by atoms with E-state index in [4.69, 9.17) is 5.73 Å². The molecule has 0 saturated carbocycles. The van der Waals surface area contributed by atoms with Crippen LogP contribution in [-0.4, -0.2) is 37.5 Å². The number of hydrogen-bond donors (Lipinski definition) is 1. The third kappa shape index (κ3) is 2.48. The van der Waals surface area contributed by atoms with Gasteiger partial charge in [-0.05, 0) is 31.0 Å². The van der Waals surface area contributed by atoms with Crippen molar-refractivity contribution in [1.29, 1.82) is 5.26 Å². The van der Waals surface area contributed by atoms with Gasteiger partial charge in [0.2, 0.25) is 5.91 Å². The van der Waals surface area contributed by atoms with Gasteiger partial charge < -0.3 is 15.5 Å². The van der Waals surface area contributed by atoms with Crippen molar-refractivity contribution in [3.05, 3.63) is 23.8 Å². The first-order valence-electron chi connectivity index (χ1n) is 6.32. The number of nitrogen functional groups attached to an aromatic ring is 1. The minimum absolute atomic E-state index is 0.0817. The Labute approximate surface area is 113 Å². The second-order valence-electron chi connectivity index (χ2n) is 4.97. The van der Waals surface area contributed by atoms with E-state index in [1.54, 1.807) is 31.1 Å². The van der Waals surface area contributed by atoms with E-state index in [2.05, 4.69) is 6.07 Å². The van der Waals surface area contributed by atoms with Crippen LogP contribution in [0.3, 0.4) is 0 Å². The van der Waals surface area contributed by atoms with Crippen molar-refractivity contribution in [2.24, 2.45) is 0 Å². The van der Waals surface area contributed by atoms with E-state index in [1.165, 1.54) is 0 Å². The highest BCUT2D eigenvalue weighted by Crippen LogP contribution is 2.30. The Morgan fingerprint density at radius 1 is 1.53 bits per heavy atom. The molecule has 5 nitrogen and oxygen atoms in total. The lowest BCUT2D eigenvalue weighted by Crippen LogP contribution is -2.43. The van der Waals surface area contributed by atoms with Gasteiger partial charge in [-0.1, -0.05) is 0 Å². The Morgan fingerprint density at radius 2 is 2.26 bits per heavy atom. The number of nitrogens with zero attached hydrogens (tertiary/aromatic N) is 3. The van der Waals surface area contributed by atoms with Crippen LogP contribution in [0.1, 0.15) is 18.4 Å². The summed E-state index contributed by atoms with van der Waals surface area (Å²) in [6, 6.07) is 7.24. The topological polar surface area (TPSA) is 73.4 Å². The summed E-state index contributed by atoms with van der Waals surface area (Å²) in [6.07, 6.45) is 1.78. The molecule has 2 rings (SSSR count). The van der Waals surface area contributed by atoms with Gasteiger partial charge in [0, 0.05) is 26.3 Å². The van der Waals surface area contributed by atoms with Crippen molar-refractivity contribution in [3.63, 3.8) is 0 Å². The van der Waals surface area contributed by atoms with E-state index in [1.807, 2.05) is 11.0 Å². The summed E-state index contributed by atoms with van der Waals surface area (Å²) in [4.78, 5) is 15.8. The second kappa shape index (κ2) is 5.19. The predicted molar refractivity (Wildman–Crippen MR) is 74.6 cm³/mol. The van der Waals surface area contributed by atoms with E-state index >= 15 is 0 Å². The smallest absolute Gasteiger partial charge is 0.244 e. The molecule has 1 aromatic carbocycles. The van der Waals surface area contributed by atoms with Crippen LogP contribution in [0.15, 0.2) is 18.2 Å². The van der Waals surface area contributed by atoms with Gasteiger partial charge >= 0.3 is 0 Å². The summed E-state index contributed by atoms with van der Waals surface area (Å²) in [5, 5.41) is 9.21. The van der Waals surface area contributed by atoms with Gasteiger partial charge in [0.25, 0.3) is 0 Å². The number of rotatable bonds is 2. The molecule has 1 amide bonds. The zero-order valence-electron chi connectivity index (χ0n) is 11.3. The molecule has 1 aliphatic heterocycles. The molecule has 0 aliphatic carbocycles. The second-order valence-corrected chi connectivity index (χ2v) is 4.97. The Hall–Kier alpha value is -2.22. The summed E-state index contributed by atoms with van der Waals surface area (Å²) < 4.78 is 0. The number of nitrogens with two attached hydrogens (primary N) is 1. The largest absolute Gasteiger partial charge is 0.399 e. The molecule has 1 atom stereocenters. The Balaban J connectivity index is 2.36. The van der Waals surface area contributed by atoms with Crippen molar-refractivity contribution in [1.82, 2.24) is 4.90 Å². The molecule has 19 heavy (non-hydrogen) atoms. The Kier molecular flexibility index (Phi) is 3.61. The Morgan fingerprint density at radius 3 is 2.89 bits per heavy atom. The highest BCUT2D eigenvalue weighted by atomic mass is 16.2. The standard InChI is InChI=1S/C14H18N4O/c1-17(2)14(19)13-4-3-7-18(13)12-6-5-11(16)8-10(12)9-15/h5-6,8,13H,3-4,7,16H2,1-2H3. The fraction of sp³-hybridized carbons (Fsp3) is 0.429. The zero-order chi connectivity index (χ0) is 14.0. The quantitative estimate of drug-likeness (QED) is 0.809. The molecular formula is C14H18N4O. The summed E-state index contributed by atoms with van der Waals surface area (Å²) in [5.41, 5.74) is 7.59. The van der Waals surface area contributed by atoms with Gasteiger partial charge in [0.05, 0.1) is 11.3 Å². The molecule has 5 heteroatoms. The number of hydrogen-bond acceptors (Lipinski definition) is 4. The summed E-state index contributed by atoms with van der Waals surface area (Å²) in [7, 11) is 3.51. The number of likely N-dealkylation sites (N-methyl/N-ethyl adjacent to an activating group) is 1. The normalized spacial score (nSPS) is 18.2. The highest BCUT2D eigenvalue weighted by Gasteiger charge is 2.32. The van der Waals surface area contributed by atoms with Crippen LogP contribution < -0.4 is 10.6 Å². The monoisotopic (exact) mass is 258 g/mol. The fourth-order valence-electron chi connectivity index (χ4n) is 2.50. The third-order valence-electron chi connectivity index (χ3n) is 3.43. The van der Waals surface area contributed by atoms with Crippen LogP contribution in [0.4, 0.5) is 11.4 Å². The predicted octanol–water partition coefficient (Wildman–Crippen LogP) is 1.20. The Bertz CT molecular complexity index is 533. The van der Waals surface area contributed by atoms with Crippen molar-refractivity contribution < 1.29 is 4.79 Å². The lowest BCUT2D eigenvalue weighted by molar-refractivity contribution is -0.129. The average Bonchev–Trinajstić information content (AvgIpc) is 2.86. The van der Waals surface area contributed by atoms with Gasteiger partial charge in [0.1, 0.15) is 12.1 Å². The minimum atomic E-state index is -0.175. The SMILES string of the molecule is CN(C)C(=O)C1CCCN1c1ccc(N)cc1C#N. The molecule has 2 N–H and O–H groups in total. The van der Waals surface area contributed by atoms with E-state index in [0.29, 0.717) is 11.3 Å². The number of anilines is 2. The van der Waals surface area contributed by atoms with Crippen LogP contribution in [0.25, 0.3) is 0 Å². The maximum Gasteiger partial charge on any atom is 0.244 e. The fourth-order valence-corrected chi connectivity index (χ4v) is 2.50. The minimum Gasteiger partial charge on any atom is -0.399 e. The first-order valence-corrected chi connectivity index (χ1v) is 6.32. The lowest BCUT2D eigenvalue weighted by atomic mass is 10.1. The van der Waals surface area contributed by atoms with Crippen molar-refractivity contribution in [2.45, 2.75) is 18.9 Å². The van der Waals surface area contributed by atoms with Gasteiger partial charge in [-0.25, -0.2) is 0 Å². The van der Waals surface area contributed by atoms with Gasteiger partial charge in [0.15, 0.2) is 0 Å². The van der Waals surface area contributed by atoms with Crippen LogP contribution in [0.5, 0.6) is 0 Å². The molecule has 0 spiro atoms. The first kappa shape index (κ1) is 13.2. The first-order chi connectivity index (χ1) is 9.04. The molecule has 1 heterocycles. The summed E-state index contributed by atoms with van der Waals surface area (Å²) in [6.45, 7) is 0.794. The molecule has 1 fully saturated rings. The number of amides is 1. The molecular weight excluding hydrogens is 240 g/mol. The van der Waals surface area contributed by atoms with Crippen molar-refractivity contribution >= 4 is 17.3 Å². The molecule has 0 radical (unpaired) electrons. The van der Waals surface area contributed by atoms with E-state index < -0.39 is 0 Å². The molecule has 0 aromatic heterocycles. The lowest BCUT2D eigenvalue weighted by Gasteiger charge is -2.28. The van der Waals surface area contributed by atoms with Crippen molar-refractivity contribution in [2.75, 3.05) is 31.3 Å². The third-order valence-corrected chi connectivity index (χ3v) is 3.43. The molecule has 1 aromatic rings. The van der Waals surface area contributed by atoms with Crippen molar-refractivity contribution in [3.8, 4) is 6.07 Å². The zero-order valence-corrected chi connectivity index (χ0v) is 11.3. The maximum absolute atomic E-state index is 12.2. The van der Waals surface area contributed by atoms with Crippen LogP contribution in [0.2, 0.25) is 0 Å². The van der Waals surface area contributed by atoms with Crippen LogP contribution in [0, 0.1) is 11.3 Å². The van der Waals surface area contributed by atoms with E-state index in [-0.39, 0.29) is 11.9 Å². The van der Waals surface area contributed by atoms with Gasteiger partial charge in [-0.2, -0.15) is 5.26 Å². The van der Waals surface area contributed by atoms with E-state index in [9.17, 15) is 10.1 Å². The molecule has 100 valence electrons. The van der Waals surface area contributed by atoms with Crippen LogP contribution >= 0.6 is 0 Å². The number of carbonyl (C=O) groups excluding carboxylic acids is 1. The van der Waals surface area contributed by atoms with E-state index in [0.717, 1.165) is 25.1 Å².